The van der Waals surface area contributed by atoms with Crippen molar-refractivity contribution in [1.82, 2.24) is 20.0 Å². The molecule has 1 amide bonds. The number of nitrogens with one attached hydrogen (secondary N) is 1. The summed E-state index contributed by atoms with van der Waals surface area (Å²) in [6.45, 7) is 1.81. The molecule has 3 rings (SSSR count). The van der Waals surface area contributed by atoms with Crippen LogP contribution in [-0.4, -0.2) is 46.8 Å². The molecule has 0 spiro atoms. The van der Waals surface area contributed by atoms with Gasteiger partial charge in [-0.2, -0.15) is 5.10 Å². The molecule has 22 heavy (non-hydrogen) atoms. The van der Waals surface area contributed by atoms with Gasteiger partial charge in [0.25, 0.3) is 5.91 Å². The SMILES string of the molecule is CN(C(=O)c1cnn(-c2cccc(Cl)c2)c1)C1CCNC1.Cl. The van der Waals surface area contributed by atoms with Crippen LogP contribution in [0.2, 0.25) is 5.02 Å². The number of nitrogens with zero attached hydrogens (tertiary/aromatic N) is 3. The minimum Gasteiger partial charge on any atom is -0.337 e. The van der Waals surface area contributed by atoms with E-state index in [0.29, 0.717) is 10.6 Å². The maximum absolute atomic E-state index is 12.5. The molecule has 5 nitrogen and oxygen atoms in total. The Kier molecular flexibility index (Phi) is 5.45. The zero-order valence-corrected chi connectivity index (χ0v) is 13.8. The van der Waals surface area contributed by atoms with Crippen molar-refractivity contribution in [3.63, 3.8) is 0 Å². The van der Waals surface area contributed by atoms with Crippen molar-refractivity contribution in [3.8, 4) is 5.69 Å². The average Bonchev–Trinajstić information content (AvgIpc) is 3.17. The quantitative estimate of drug-likeness (QED) is 0.933. The van der Waals surface area contributed by atoms with E-state index in [-0.39, 0.29) is 24.4 Å². The molecule has 1 aromatic heterocycles. The smallest absolute Gasteiger partial charge is 0.257 e. The molecule has 0 bridgehead atoms. The Morgan fingerprint density at radius 2 is 2.32 bits per heavy atom. The molecule has 1 atom stereocenters. The highest BCUT2D eigenvalue weighted by molar-refractivity contribution is 6.30. The molecule has 2 heterocycles. The molecule has 1 aliphatic heterocycles. The molecule has 2 aromatic rings. The van der Waals surface area contributed by atoms with Gasteiger partial charge in [-0.15, -0.1) is 12.4 Å². The molecule has 1 aliphatic rings. The normalized spacial score (nSPS) is 17.1. The number of hydrogen-bond donors (Lipinski definition) is 1. The van der Waals surface area contributed by atoms with E-state index in [1.807, 2.05) is 31.3 Å². The predicted molar refractivity (Wildman–Crippen MR) is 89.2 cm³/mol. The summed E-state index contributed by atoms with van der Waals surface area (Å²) in [5.74, 6) is -0.00280. The topological polar surface area (TPSA) is 50.2 Å². The minimum absolute atomic E-state index is 0. The van der Waals surface area contributed by atoms with Gasteiger partial charge in [0.1, 0.15) is 0 Å². The lowest BCUT2D eigenvalue weighted by atomic mass is 10.2. The summed E-state index contributed by atoms with van der Waals surface area (Å²) >= 11 is 5.98. The molecule has 1 unspecified atom stereocenters. The second-order valence-corrected chi connectivity index (χ2v) is 5.65. The Morgan fingerprint density at radius 1 is 1.50 bits per heavy atom. The molecular weight excluding hydrogens is 323 g/mol. The highest BCUT2D eigenvalue weighted by atomic mass is 35.5. The number of aromatic nitrogens is 2. The van der Waals surface area contributed by atoms with E-state index in [0.717, 1.165) is 25.2 Å². The standard InChI is InChI=1S/C15H17ClN4O.ClH/c1-19(14-5-6-17-9-14)15(21)11-8-18-20(10-11)13-4-2-3-12(16)7-13;/h2-4,7-8,10,14,17H,5-6,9H2,1H3;1H. The van der Waals surface area contributed by atoms with E-state index in [1.165, 1.54) is 0 Å². The summed E-state index contributed by atoms with van der Waals surface area (Å²) < 4.78 is 1.67. The fourth-order valence-corrected chi connectivity index (χ4v) is 2.72. The largest absolute Gasteiger partial charge is 0.337 e. The first-order chi connectivity index (χ1) is 10.1. The third-order valence-corrected chi connectivity index (χ3v) is 4.04. The maximum atomic E-state index is 12.5. The lowest BCUT2D eigenvalue weighted by molar-refractivity contribution is 0.0744. The van der Waals surface area contributed by atoms with Crippen LogP contribution in [0.4, 0.5) is 0 Å². The zero-order chi connectivity index (χ0) is 14.8. The van der Waals surface area contributed by atoms with Crippen molar-refractivity contribution in [1.29, 1.82) is 0 Å². The Morgan fingerprint density at radius 3 is 3.00 bits per heavy atom. The fourth-order valence-electron chi connectivity index (χ4n) is 2.53. The van der Waals surface area contributed by atoms with Crippen LogP contribution in [0.5, 0.6) is 0 Å². The average molecular weight is 341 g/mol. The van der Waals surface area contributed by atoms with Crippen LogP contribution in [0.15, 0.2) is 36.7 Å². The second kappa shape index (κ2) is 7.13. The summed E-state index contributed by atoms with van der Waals surface area (Å²) in [6.07, 6.45) is 4.33. The van der Waals surface area contributed by atoms with Gasteiger partial charge in [-0.3, -0.25) is 4.79 Å². The molecule has 0 radical (unpaired) electrons. The molecule has 0 aliphatic carbocycles. The summed E-state index contributed by atoms with van der Waals surface area (Å²) in [5, 5.41) is 8.16. The number of halogens is 2. The molecule has 1 saturated heterocycles. The zero-order valence-electron chi connectivity index (χ0n) is 12.2. The molecule has 1 aromatic carbocycles. The van der Waals surface area contributed by atoms with Crippen LogP contribution in [0, 0.1) is 0 Å². The predicted octanol–water partition coefficient (Wildman–Crippen LogP) is 2.38. The molecule has 1 fully saturated rings. The van der Waals surface area contributed by atoms with Crippen molar-refractivity contribution >= 4 is 29.9 Å². The van der Waals surface area contributed by atoms with Gasteiger partial charge >= 0.3 is 0 Å². The van der Waals surface area contributed by atoms with Gasteiger partial charge < -0.3 is 10.2 Å². The van der Waals surface area contributed by atoms with Crippen molar-refractivity contribution in [2.45, 2.75) is 12.5 Å². The first-order valence-corrected chi connectivity index (χ1v) is 7.31. The Hall–Kier alpha value is -1.56. The molecule has 0 saturated carbocycles. The number of hydrogen-bond acceptors (Lipinski definition) is 3. The van der Waals surface area contributed by atoms with Crippen LogP contribution < -0.4 is 5.32 Å². The Labute approximate surface area is 140 Å². The van der Waals surface area contributed by atoms with Crippen molar-refractivity contribution in [2.75, 3.05) is 20.1 Å². The highest BCUT2D eigenvalue weighted by Gasteiger charge is 2.24. The fraction of sp³-hybridized carbons (Fsp3) is 0.333. The number of rotatable bonds is 3. The molecule has 7 heteroatoms. The van der Waals surface area contributed by atoms with Crippen LogP contribution in [0.1, 0.15) is 16.8 Å². The summed E-state index contributed by atoms with van der Waals surface area (Å²) in [7, 11) is 1.84. The first kappa shape index (κ1) is 16.8. The maximum Gasteiger partial charge on any atom is 0.257 e. The highest BCUT2D eigenvalue weighted by Crippen LogP contribution is 2.16. The summed E-state index contributed by atoms with van der Waals surface area (Å²) in [5.41, 5.74) is 1.43. The van der Waals surface area contributed by atoms with Crippen molar-refractivity contribution in [3.05, 3.63) is 47.2 Å². The number of carbonyl (C=O) groups is 1. The van der Waals surface area contributed by atoms with Crippen molar-refractivity contribution in [2.24, 2.45) is 0 Å². The van der Waals surface area contributed by atoms with Gasteiger partial charge in [0, 0.05) is 30.9 Å². The third kappa shape index (κ3) is 3.43. The summed E-state index contributed by atoms with van der Waals surface area (Å²) in [4.78, 5) is 14.3. The van der Waals surface area contributed by atoms with E-state index >= 15 is 0 Å². The third-order valence-electron chi connectivity index (χ3n) is 3.80. The number of benzene rings is 1. The molecule has 1 N–H and O–H groups in total. The van der Waals surface area contributed by atoms with E-state index in [9.17, 15) is 4.79 Å². The molecular formula is C15H18Cl2N4O. The van der Waals surface area contributed by atoms with Gasteiger partial charge in [0.2, 0.25) is 0 Å². The van der Waals surface area contributed by atoms with Crippen LogP contribution in [-0.2, 0) is 0 Å². The molecule has 118 valence electrons. The monoisotopic (exact) mass is 340 g/mol. The van der Waals surface area contributed by atoms with E-state index in [1.54, 1.807) is 22.0 Å². The van der Waals surface area contributed by atoms with E-state index < -0.39 is 0 Å². The van der Waals surface area contributed by atoms with Gasteiger partial charge in [0.15, 0.2) is 0 Å². The van der Waals surface area contributed by atoms with E-state index in [4.69, 9.17) is 11.6 Å². The van der Waals surface area contributed by atoms with Gasteiger partial charge in [-0.25, -0.2) is 4.68 Å². The lowest BCUT2D eigenvalue weighted by Crippen LogP contribution is -2.38. The van der Waals surface area contributed by atoms with Crippen molar-refractivity contribution < 1.29 is 4.79 Å². The van der Waals surface area contributed by atoms with Gasteiger partial charge in [-0.05, 0) is 31.2 Å². The number of carbonyl (C=O) groups excluding carboxylic acids is 1. The Bertz CT molecular complexity index is 652. The lowest BCUT2D eigenvalue weighted by Gasteiger charge is -2.22. The van der Waals surface area contributed by atoms with Crippen LogP contribution >= 0.6 is 24.0 Å². The number of likely N-dealkylation sites (N-methyl/N-ethyl adjacent to an activating group) is 1. The minimum atomic E-state index is -0.00280. The van der Waals surface area contributed by atoms with E-state index in [2.05, 4.69) is 10.4 Å². The van der Waals surface area contributed by atoms with Gasteiger partial charge in [-0.1, -0.05) is 17.7 Å². The number of amides is 1. The summed E-state index contributed by atoms with van der Waals surface area (Å²) in [6, 6.07) is 7.64. The van der Waals surface area contributed by atoms with Gasteiger partial charge in [0.05, 0.1) is 17.4 Å². The first-order valence-electron chi connectivity index (χ1n) is 6.93. The van der Waals surface area contributed by atoms with Crippen LogP contribution in [0.3, 0.4) is 0 Å². The Balaban J connectivity index is 0.00000176. The second-order valence-electron chi connectivity index (χ2n) is 5.22. The van der Waals surface area contributed by atoms with Crippen LogP contribution in [0.25, 0.3) is 5.69 Å².